The minimum absolute atomic E-state index is 0.230. The SMILES string of the molecule is C=N/C=C(Cl)\C(=C(/C)Cl)C(c1c(Cl)cc(Cl)cc1Cl)c1c(Cl)cc(-n2c3ccccc3c3ccccc32)cc1Cl. The summed E-state index contributed by atoms with van der Waals surface area (Å²) in [5, 5.41) is 4.53. The lowest BCUT2D eigenvalue weighted by Gasteiger charge is -2.27. The lowest BCUT2D eigenvalue weighted by molar-refractivity contribution is 0.960. The van der Waals surface area contributed by atoms with Crippen molar-refractivity contribution >= 4 is 110 Å². The van der Waals surface area contributed by atoms with E-state index >= 15 is 0 Å². The molecule has 0 aliphatic rings. The summed E-state index contributed by atoms with van der Waals surface area (Å²) in [6, 6.07) is 23.2. The molecule has 1 aromatic heterocycles. The van der Waals surface area contributed by atoms with Crippen LogP contribution in [0, 0.1) is 0 Å². The number of aromatic nitrogens is 1. The second-order valence-corrected chi connectivity index (χ2v) is 12.1. The first kappa shape index (κ1) is 29.4. The van der Waals surface area contributed by atoms with E-state index in [-0.39, 0.29) is 5.03 Å². The predicted molar refractivity (Wildman–Crippen MR) is 176 cm³/mol. The van der Waals surface area contributed by atoms with E-state index in [1.807, 2.05) is 36.4 Å². The smallest absolute Gasteiger partial charge is 0.0641 e. The number of aliphatic imine (C=N–C) groups is 1. The topological polar surface area (TPSA) is 17.3 Å². The number of halogens is 7. The average Bonchev–Trinajstić information content (AvgIpc) is 3.22. The van der Waals surface area contributed by atoms with E-state index in [4.69, 9.17) is 81.2 Å². The van der Waals surface area contributed by atoms with Gasteiger partial charge in [0.25, 0.3) is 0 Å². The van der Waals surface area contributed by atoms with Crippen LogP contribution in [0.1, 0.15) is 24.0 Å². The summed E-state index contributed by atoms with van der Waals surface area (Å²) < 4.78 is 2.13. The van der Waals surface area contributed by atoms with Crippen LogP contribution in [0.15, 0.2) is 99.6 Å². The molecule has 4 aromatic carbocycles. The van der Waals surface area contributed by atoms with Gasteiger partial charge < -0.3 is 4.57 Å². The van der Waals surface area contributed by atoms with E-state index in [9.17, 15) is 0 Å². The van der Waals surface area contributed by atoms with Crippen molar-refractivity contribution in [3.05, 3.63) is 131 Å². The summed E-state index contributed by atoms with van der Waals surface area (Å²) in [6.07, 6.45) is 1.39. The zero-order chi connectivity index (χ0) is 28.7. The van der Waals surface area contributed by atoms with E-state index < -0.39 is 5.92 Å². The van der Waals surface area contributed by atoms with Gasteiger partial charge in [-0.25, -0.2) is 0 Å². The lowest BCUT2D eigenvalue weighted by Crippen LogP contribution is -2.10. The molecule has 0 amide bonds. The van der Waals surface area contributed by atoms with Crippen molar-refractivity contribution in [1.29, 1.82) is 0 Å². The number of rotatable bonds is 6. The van der Waals surface area contributed by atoms with Gasteiger partial charge in [-0.15, -0.1) is 0 Å². The Bertz CT molecular complexity index is 1760. The molecular weight excluding hydrogens is 649 g/mol. The first-order valence-electron chi connectivity index (χ1n) is 11.9. The Kier molecular flexibility index (Phi) is 8.80. The monoisotopic (exact) mass is 664 g/mol. The third-order valence-corrected chi connectivity index (χ3v) is 8.62. The molecule has 0 bridgehead atoms. The van der Waals surface area contributed by atoms with Crippen LogP contribution in [0.2, 0.25) is 25.1 Å². The fraction of sp³-hybridized carbons (Fsp3) is 0.0645. The zero-order valence-corrected chi connectivity index (χ0v) is 26.1. The Morgan fingerprint density at radius 3 is 1.65 bits per heavy atom. The Balaban J connectivity index is 1.83. The van der Waals surface area contributed by atoms with Crippen molar-refractivity contribution in [2.24, 2.45) is 4.99 Å². The second-order valence-electron chi connectivity index (χ2n) is 9.02. The maximum Gasteiger partial charge on any atom is 0.0641 e. The maximum atomic E-state index is 7.09. The number of benzene rings is 4. The van der Waals surface area contributed by atoms with Gasteiger partial charge >= 0.3 is 0 Å². The van der Waals surface area contributed by atoms with Gasteiger partial charge in [0.2, 0.25) is 0 Å². The Morgan fingerprint density at radius 2 is 1.20 bits per heavy atom. The van der Waals surface area contributed by atoms with Gasteiger partial charge in [0.15, 0.2) is 0 Å². The molecule has 0 saturated carbocycles. The summed E-state index contributed by atoms with van der Waals surface area (Å²) >= 11 is 47.2. The normalized spacial score (nSPS) is 13.6. The van der Waals surface area contributed by atoms with Crippen LogP contribution in [0.5, 0.6) is 0 Å². The van der Waals surface area contributed by atoms with E-state index in [0.29, 0.717) is 46.8 Å². The predicted octanol–water partition coefficient (Wildman–Crippen LogP) is 12.5. The molecule has 1 atom stereocenters. The summed E-state index contributed by atoms with van der Waals surface area (Å²) in [7, 11) is 0. The first-order chi connectivity index (χ1) is 19.1. The van der Waals surface area contributed by atoms with Gasteiger partial charge in [-0.1, -0.05) is 118 Å². The molecule has 2 nitrogen and oxygen atoms in total. The van der Waals surface area contributed by atoms with E-state index in [0.717, 1.165) is 27.5 Å². The molecule has 1 unspecified atom stereocenters. The van der Waals surface area contributed by atoms with Crippen LogP contribution in [-0.2, 0) is 0 Å². The molecule has 5 aromatic rings. The Morgan fingerprint density at radius 1 is 0.750 bits per heavy atom. The molecule has 0 aliphatic carbocycles. The van der Waals surface area contributed by atoms with Crippen LogP contribution in [0.25, 0.3) is 27.5 Å². The molecule has 9 heteroatoms. The number of allylic oxidation sites excluding steroid dienone is 3. The molecule has 1 heterocycles. The van der Waals surface area contributed by atoms with Crippen molar-refractivity contribution < 1.29 is 0 Å². The number of para-hydroxylation sites is 2. The van der Waals surface area contributed by atoms with Crippen molar-refractivity contribution in [2.45, 2.75) is 12.8 Å². The standard InChI is InChI=1S/C31H19Cl7N2/c1-16(32)28(25(38)15-39-2)31(29-21(34)11-17(33)12-22(29)35)30-23(36)13-18(14-24(30)37)40-26-9-5-3-7-19(26)20-8-4-6-10-27(20)40/h3-15,31H,2H2,1H3/b25-15+,28-16-. The first-order valence-corrected chi connectivity index (χ1v) is 14.6. The Hall–Kier alpha value is -2.14. The molecule has 5 rings (SSSR count). The quantitative estimate of drug-likeness (QED) is 0.127. The van der Waals surface area contributed by atoms with Crippen LogP contribution in [0.4, 0.5) is 0 Å². The van der Waals surface area contributed by atoms with E-state index in [1.165, 1.54) is 6.20 Å². The highest BCUT2D eigenvalue weighted by Gasteiger charge is 2.32. The molecule has 0 saturated heterocycles. The molecule has 0 aliphatic heterocycles. The highest BCUT2D eigenvalue weighted by Crippen LogP contribution is 2.50. The molecule has 0 fully saturated rings. The molecule has 202 valence electrons. The van der Waals surface area contributed by atoms with Crippen LogP contribution >= 0.6 is 81.2 Å². The third kappa shape index (κ3) is 5.28. The van der Waals surface area contributed by atoms with Crippen molar-refractivity contribution in [3.63, 3.8) is 0 Å². The van der Waals surface area contributed by atoms with Gasteiger partial charge in [0.05, 0.1) is 16.1 Å². The lowest BCUT2D eigenvalue weighted by atomic mass is 9.83. The maximum absolute atomic E-state index is 7.09. The molecule has 0 spiro atoms. The molecule has 0 radical (unpaired) electrons. The van der Waals surface area contributed by atoms with Crippen molar-refractivity contribution in [1.82, 2.24) is 4.57 Å². The van der Waals surface area contributed by atoms with Crippen molar-refractivity contribution in [2.75, 3.05) is 0 Å². The van der Waals surface area contributed by atoms with E-state index in [2.05, 4.69) is 40.5 Å². The van der Waals surface area contributed by atoms with Gasteiger partial charge in [0.1, 0.15) is 0 Å². The van der Waals surface area contributed by atoms with Gasteiger partial charge in [-0.05, 0) is 55.6 Å². The molecular formula is C31H19Cl7N2. The van der Waals surface area contributed by atoms with Crippen LogP contribution in [0.3, 0.4) is 0 Å². The van der Waals surface area contributed by atoms with Crippen molar-refractivity contribution in [3.8, 4) is 5.69 Å². The minimum Gasteiger partial charge on any atom is -0.309 e. The zero-order valence-electron chi connectivity index (χ0n) is 20.8. The highest BCUT2D eigenvalue weighted by atomic mass is 35.5. The average molecular weight is 668 g/mol. The fourth-order valence-corrected chi connectivity index (χ4v) is 7.40. The van der Waals surface area contributed by atoms with Gasteiger partial charge in [-0.3, -0.25) is 4.99 Å². The van der Waals surface area contributed by atoms with E-state index in [1.54, 1.807) is 19.1 Å². The summed E-state index contributed by atoms with van der Waals surface area (Å²) in [5.74, 6) is -0.757. The van der Waals surface area contributed by atoms with Gasteiger partial charge in [0, 0.05) is 69.9 Å². The molecule has 40 heavy (non-hydrogen) atoms. The second kappa shape index (κ2) is 12.0. The molecule has 0 N–H and O–H groups in total. The minimum atomic E-state index is -0.757. The van der Waals surface area contributed by atoms with Crippen LogP contribution < -0.4 is 0 Å². The number of hydrogen-bond acceptors (Lipinski definition) is 1. The Labute approximate surface area is 267 Å². The third-order valence-electron chi connectivity index (χ3n) is 6.65. The number of nitrogens with zero attached hydrogens (tertiary/aromatic N) is 2. The van der Waals surface area contributed by atoms with Gasteiger partial charge in [-0.2, -0.15) is 0 Å². The largest absolute Gasteiger partial charge is 0.309 e. The van der Waals surface area contributed by atoms with Crippen LogP contribution in [-0.4, -0.2) is 11.3 Å². The highest BCUT2D eigenvalue weighted by molar-refractivity contribution is 6.41. The summed E-state index contributed by atoms with van der Waals surface area (Å²) in [4.78, 5) is 3.83. The summed E-state index contributed by atoms with van der Waals surface area (Å²) in [5.41, 5.74) is 4.30. The number of hydrogen-bond donors (Lipinski definition) is 0. The fourth-order valence-electron chi connectivity index (χ4n) is 5.09. The number of fused-ring (bicyclic) bond motifs is 3. The summed E-state index contributed by atoms with van der Waals surface area (Å²) in [6.45, 7) is 5.22.